The van der Waals surface area contributed by atoms with E-state index in [0.717, 1.165) is 6.54 Å². The molecule has 2 unspecified atom stereocenters. The first-order valence-electron chi connectivity index (χ1n) is 5.24. The van der Waals surface area contributed by atoms with Crippen LogP contribution in [0.3, 0.4) is 0 Å². The van der Waals surface area contributed by atoms with Crippen molar-refractivity contribution in [2.45, 2.75) is 18.6 Å². The Morgan fingerprint density at radius 2 is 2.31 bits per heavy atom. The lowest BCUT2D eigenvalue weighted by Crippen LogP contribution is -2.37. The Labute approximate surface area is 93.8 Å². The lowest BCUT2D eigenvalue weighted by molar-refractivity contribution is 0.191. The van der Waals surface area contributed by atoms with Gasteiger partial charge in [-0.15, -0.1) is 0 Å². The Morgan fingerprint density at radius 1 is 1.56 bits per heavy atom. The van der Waals surface area contributed by atoms with E-state index < -0.39 is 0 Å². The van der Waals surface area contributed by atoms with Gasteiger partial charge in [0.2, 0.25) is 0 Å². The van der Waals surface area contributed by atoms with Gasteiger partial charge in [-0.2, -0.15) is 0 Å². The Balaban J connectivity index is 2.12. The highest BCUT2D eigenvalue weighted by molar-refractivity contribution is 5.32. The highest BCUT2D eigenvalue weighted by atomic mass is 16.4. The zero-order valence-electron chi connectivity index (χ0n) is 9.50. The van der Waals surface area contributed by atoms with E-state index in [-0.39, 0.29) is 18.2 Å². The fourth-order valence-corrected chi connectivity index (χ4v) is 2.06. The lowest BCUT2D eigenvalue weighted by atomic mass is 10.2. The van der Waals surface area contributed by atoms with Gasteiger partial charge in [0, 0.05) is 19.1 Å². The first-order chi connectivity index (χ1) is 7.56. The van der Waals surface area contributed by atoms with E-state index in [2.05, 4.69) is 15.1 Å². The molecule has 1 aromatic heterocycles. The van der Waals surface area contributed by atoms with Crippen LogP contribution in [0.2, 0.25) is 0 Å². The second-order valence-electron chi connectivity index (χ2n) is 4.38. The second-order valence-corrected chi connectivity index (χ2v) is 4.38. The van der Waals surface area contributed by atoms with Crippen LogP contribution in [0.15, 0.2) is 4.42 Å². The predicted molar refractivity (Wildman–Crippen MR) is 59.0 cm³/mol. The van der Waals surface area contributed by atoms with Gasteiger partial charge < -0.3 is 25.1 Å². The largest absolute Gasteiger partial charge is 0.391 e. The van der Waals surface area contributed by atoms with E-state index in [0.29, 0.717) is 19.0 Å². The molecule has 0 saturated carbocycles. The molecule has 7 nitrogen and oxygen atoms in total. The summed E-state index contributed by atoms with van der Waals surface area (Å²) in [6.45, 7) is 1.35. The maximum absolute atomic E-state index is 9.67. The number of aromatic nitrogens is 2. The van der Waals surface area contributed by atoms with Gasteiger partial charge in [0.25, 0.3) is 0 Å². The number of likely N-dealkylation sites (N-methyl/N-ethyl adjacent to an activating group) is 1. The third kappa shape index (κ3) is 2.25. The highest BCUT2D eigenvalue weighted by Gasteiger charge is 2.34. The fraction of sp³-hybridized carbons (Fsp3) is 0.778. The van der Waals surface area contributed by atoms with Crippen molar-refractivity contribution in [3.05, 3.63) is 0 Å². The van der Waals surface area contributed by atoms with Gasteiger partial charge in [-0.3, -0.25) is 0 Å². The standard InChI is InChI=1S/C9H17N5O2/c1-13(2)4-6-3-7(15)5-14(6)9-12-11-8(10)16-9/h6-7,15H,3-5H2,1-2H3,(H2,10,11). The summed E-state index contributed by atoms with van der Waals surface area (Å²) >= 11 is 0. The minimum Gasteiger partial charge on any atom is -0.391 e. The number of β-amino-alcohol motifs (C(OH)–C–C–N with tert-alkyl or cyclic N) is 1. The van der Waals surface area contributed by atoms with Crippen LogP contribution in [0.1, 0.15) is 6.42 Å². The molecule has 1 aromatic rings. The Kier molecular flexibility index (Phi) is 2.97. The van der Waals surface area contributed by atoms with E-state index in [1.54, 1.807) is 0 Å². The van der Waals surface area contributed by atoms with Crippen LogP contribution in [0.5, 0.6) is 0 Å². The van der Waals surface area contributed by atoms with E-state index in [4.69, 9.17) is 10.2 Å². The molecule has 0 bridgehead atoms. The molecule has 16 heavy (non-hydrogen) atoms. The molecule has 1 aliphatic heterocycles. The Bertz CT molecular complexity index is 353. The van der Waals surface area contributed by atoms with Gasteiger partial charge in [-0.25, -0.2) is 0 Å². The topological polar surface area (TPSA) is 91.7 Å². The summed E-state index contributed by atoms with van der Waals surface area (Å²) in [5.41, 5.74) is 5.39. The van der Waals surface area contributed by atoms with Crippen molar-refractivity contribution >= 4 is 12.0 Å². The molecule has 0 amide bonds. The summed E-state index contributed by atoms with van der Waals surface area (Å²) in [5, 5.41) is 17.1. The quantitative estimate of drug-likeness (QED) is 0.695. The molecule has 2 heterocycles. The smallest absolute Gasteiger partial charge is 0.319 e. The van der Waals surface area contributed by atoms with Crippen molar-refractivity contribution in [1.29, 1.82) is 0 Å². The van der Waals surface area contributed by atoms with E-state index in [1.807, 2.05) is 19.0 Å². The van der Waals surface area contributed by atoms with Crippen LogP contribution in [0, 0.1) is 0 Å². The SMILES string of the molecule is CN(C)CC1CC(O)CN1c1nnc(N)o1. The molecule has 1 fully saturated rings. The first-order valence-corrected chi connectivity index (χ1v) is 5.24. The summed E-state index contributed by atoms with van der Waals surface area (Å²) in [6.07, 6.45) is 0.360. The lowest BCUT2D eigenvalue weighted by Gasteiger charge is -2.24. The van der Waals surface area contributed by atoms with Gasteiger partial charge in [-0.05, 0) is 20.5 Å². The molecule has 0 radical (unpaired) electrons. The average molecular weight is 227 g/mol. The summed E-state index contributed by atoms with van der Waals surface area (Å²) in [6, 6.07) is 0.630. The van der Waals surface area contributed by atoms with Crippen LogP contribution < -0.4 is 10.6 Å². The van der Waals surface area contributed by atoms with Crippen molar-refractivity contribution in [2.75, 3.05) is 37.8 Å². The molecule has 7 heteroatoms. The van der Waals surface area contributed by atoms with Crippen LogP contribution >= 0.6 is 0 Å². The van der Waals surface area contributed by atoms with Gasteiger partial charge >= 0.3 is 12.0 Å². The summed E-state index contributed by atoms with van der Waals surface area (Å²) in [7, 11) is 3.98. The van der Waals surface area contributed by atoms with Gasteiger partial charge in [0.1, 0.15) is 0 Å². The summed E-state index contributed by atoms with van der Waals surface area (Å²) in [5.74, 6) is 0. The van der Waals surface area contributed by atoms with Crippen LogP contribution in [-0.4, -0.2) is 59.5 Å². The van der Waals surface area contributed by atoms with E-state index in [1.165, 1.54) is 0 Å². The van der Waals surface area contributed by atoms with Gasteiger partial charge in [0.15, 0.2) is 0 Å². The number of hydrogen-bond donors (Lipinski definition) is 2. The summed E-state index contributed by atoms with van der Waals surface area (Å²) in [4.78, 5) is 3.98. The third-order valence-electron chi connectivity index (χ3n) is 2.64. The van der Waals surface area contributed by atoms with Crippen LogP contribution in [0.4, 0.5) is 12.0 Å². The molecule has 3 N–H and O–H groups in total. The number of nitrogens with zero attached hydrogens (tertiary/aromatic N) is 4. The second kappa shape index (κ2) is 4.26. The van der Waals surface area contributed by atoms with Crippen LogP contribution in [-0.2, 0) is 0 Å². The molecule has 0 spiro atoms. The number of hydrogen-bond acceptors (Lipinski definition) is 7. The van der Waals surface area contributed by atoms with Crippen molar-refractivity contribution < 1.29 is 9.52 Å². The molecular formula is C9H17N5O2. The van der Waals surface area contributed by atoms with Crippen molar-refractivity contribution in [1.82, 2.24) is 15.1 Å². The zero-order valence-corrected chi connectivity index (χ0v) is 9.50. The maximum atomic E-state index is 9.67. The van der Waals surface area contributed by atoms with E-state index in [9.17, 15) is 5.11 Å². The Hall–Kier alpha value is -1.34. The number of nitrogens with two attached hydrogens (primary N) is 1. The average Bonchev–Trinajstić information content (AvgIpc) is 2.72. The molecule has 2 atom stereocenters. The molecule has 90 valence electrons. The molecule has 1 saturated heterocycles. The highest BCUT2D eigenvalue weighted by Crippen LogP contribution is 2.25. The number of anilines is 2. The maximum Gasteiger partial charge on any atom is 0.319 e. The molecular weight excluding hydrogens is 210 g/mol. The zero-order chi connectivity index (χ0) is 11.7. The fourth-order valence-electron chi connectivity index (χ4n) is 2.06. The Morgan fingerprint density at radius 3 is 2.88 bits per heavy atom. The minimum absolute atomic E-state index is 0.0555. The molecule has 2 rings (SSSR count). The number of rotatable bonds is 3. The molecule has 0 aliphatic carbocycles. The van der Waals surface area contributed by atoms with Gasteiger partial charge in [-0.1, -0.05) is 10.2 Å². The predicted octanol–water partition coefficient (Wildman–Crippen LogP) is -0.847. The third-order valence-corrected chi connectivity index (χ3v) is 2.64. The minimum atomic E-state index is -0.349. The number of aliphatic hydroxyl groups is 1. The van der Waals surface area contributed by atoms with Gasteiger partial charge in [0.05, 0.1) is 6.10 Å². The van der Waals surface area contributed by atoms with E-state index >= 15 is 0 Å². The van der Waals surface area contributed by atoms with Crippen molar-refractivity contribution in [3.8, 4) is 0 Å². The normalized spacial score (nSPS) is 25.6. The van der Waals surface area contributed by atoms with Crippen LogP contribution in [0.25, 0.3) is 0 Å². The summed E-state index contributed by atoms with van der Waals surface area (Å²) < 4.78 is 5.18. The van der Waals surface area contributed by atoms with Crippen molar-refractivity contribution in [2.24, 2.45) is 0 Å². The monoisotopic (exact) mass is 227 g/mol. The molecule has 0 aromatic carbocycles. The first kappa shape index (κ1) is 11.2. The number of nitrogen functional groups attached to an aromatic ring is 1. The van der Waals surface area contributed by atoms with Crippen molar-refractivity contribution in [3.63, 3.8) is 0 Å². The number of aliphatic hydroxyl groups excluding tert-OH is 1. The molecule has 1 aliphatic rings.